The van der Waals surface area contributed by atoms with E-state index in [0.29, 0.717) is 13.1 Å². The number of hydrogen-bond acceptors (Lipinski definition) is 4. The lowest BCUT2D eigenvalue weighted by atomic mass is 10.0. The molecule has 0 saturated carbocycles. The highest BCUT2D eigenvalue weighted by Gasteiger charge is 2.21. The second-order valence-electron chi connectivity index (χ2n) is 5.05. The number of nitrogens with zero attached hydrogens (tertiary/aromatic N) is 2. The average molecular weight is 271 g/mol. The van der Waals surface area contributed by atoms with Crippen LogP contribution in [0.2, 0.25) is 0 Å². The number of carbonyl (C=O) groups is 3. The zero-order valence-electron chi connectivity index (χ0n) is 11.4. The van der Waals surface area contributed by atoms with Crippen LogP contribution < -0.4 is 5.32 Å². The highest BCUT2D eigenvalue weighted by Crippen LogP contribution is 2.07. The monoisotopic (exact) mass is 271 g/mol. The van der Waals surface area contributed by atoms with E-state index in [4.69, 9.17) is 5.11 Å². The van der Waals surface area contributed by atoms with Gasteiger partial charge in [-0.1, -0.05) is 6.92 Å². The predicted octanol–water partition coefficient (Wildman–Crippen LogP) is -0.0291. The molecule has 1 saturated heterocycles. The summed E-state index contributed by atoms with van der Waals surface area (Å²) in [5.74, 6) is -1.64. The molecular formula is C12H21N3O4. The van der Waals surface area contributed by atoms with Crippen molar-refractivity contribution in [2.24, 2.45) is 5.92 Å². The van der Waals surface area contributed by atoms with E-state index in [9.17, 15) is 14.4 Å². The van der Waals surface area contributed by atoms with E-state index in [0.717, 1.165) is 13.1 Å². The molecule has 1 unspecified atom stereocenters. The van der Waals surface area contributed by atoms with E-state index in [1.54, 1.807) is 11.8 Å². The van der Waals surface area contributed by atoms with Crippen LogP contribution >= 0.6 is 0 Å². The third-order valence-corrected chi connectivity index (χ3v) is 3.09. The van der Waals surface area contributed by atoms with Crippen molar-refractivity contribution in [1.29, 1.82) is 0 Å². The van der Waals surface area contributed by atoms with Crippen LogP contribution in [0.5, 0.6) is 0 Å². The summed E-state index contributed by atoms with van der Waals surface area (Å²) in [6.45, 7) is 4.45. The highest BCUT2D eigenvalue weighted by atomic mass is 16.4. The fourth-order valence-electron chi connectivity index (χ4n) is 1.95. The Balaban J connectivity index is 2.31. The van der Waals surface area contributed by atoms with Crippen molar-refractivity contribution in [1.82, 2.24) is 15.1 Å². The highest BCUT2D eigenvalue weighted by molar-refractivity contribution is 5.94. The van der Waals surface area contributed by atoms with Gasteiger partial charge in [0, 0.05) is 39.0 Å². The maximum absolute atomic E-state index is 11.8. The summed E-state index contributed by atoms with van der Waals surface area (Å²) in [5.41, 5.74) is 0. The second-order valence-corrected chi connectivity index (χ2v) is 5.05. The molecule has 0 radical (unpaired) electrons. The number of carbonyl (C=O) groups excluding carboxylic acids is 2. The molecule has 0 aromatic carbocycles. The molecule has 2 N–H and O–H groups in total. The van der Waals surface area contributed by atoms with Crippen LogP contribution in [0.15, 0.2) is 0 Å². The molecule has 1 heterocycles. The van der Waals surface area contributed by atoms with Gasteiger partial charge in [-0.25, -0.2) is 4.79 Å². The first kappa shape index (κ1) is 15.4. The molecule has 19 heavy (non-hydrogen) atoms. The molecule has 7 nitrogen and oxygen atoms in total. The Hall–Kier alpha value is -1.63. The van der Waals surface area contributed by atoms with Gasteiger partial charge in [0.2, 0.25) is 5.91 Å². The van der Waals surface area contributed by atoms with Crippen LogP contribution in [0.1, 0.15) is 19.8 Å². The van der Waals surface area contributed by atoms with Gasteiger partial charge in [0.15, 0.2) is 0 Å². The van der Waals surface area contributed by atoms with E-state index < -0.39 is 11.9 Å². The molecule has 1 fully saturated rings. The maximum atomic E-state index is 11.8. The number of likely N-dealkylation sites (N-methyl/N-ethyl adjacent to an activating group) is 1. The smallest absolute Gasteiger partial charge is 0.324 e. The van der Waals surface area contributed by atoms with Gasteiger partial charge < -0.3 is 14.9 Å². The van der Waals surface area contributed by atoms with E-state index in [1.807, 2.05) is 7.05 Å². The first-order valence-corrected chi connectivity index (χ1v) is 6.37. The lowest BCUT2D eigenvalue weighted by Crippen LogP contribution is -2.51. The standard InChI is InChI=1S/C12H21N3O4/c1-9(8-11(17)18)7-10(16)13-12(19)15-5-3-14(2)4-6-15/h9H,3-8H2,1-2H3,(H,17,18)(H,13,16,19). The third kappa shape index (κ3) is 5.69. The van der Waals surface area contributed by atoms with Crippen molar-refractivity contribution >= 4 is 17.9 Å². The van der Waals surface area contributed by atoms with Gasteiger partial charge in [0.1, 0.15) is 0 Å². The molecule has 0 spiro atoms. The van der Waals surface area contributed by atoms with Crippen LogP contribution in [-0.2, 0) is 9.59 Å². The van der Waals surface area contributed by atoms with Gasteiger partial charge in [0.05, 0.1) is 0 Å². The Kier molecular flexibility index (Phi) is 5.75. The molecule has 1 atom stereocenters. The Bertz CT molecular complexity index is 351. The molecule has 0 bridgehead atoms. The minimum atomic E-state index is -0.939. The number of rotatable bonds is 4. The normalized spacial score (nSPS) is 17.9. The third-order valence-electron chi connectivity index (χ3n) is 3.09. The van der Waals surface area contributed by atoms with Crippen LogP contribution in [0.25, 0.3) is 0 Å². The molecule has 1 aliphatic heterocycles. The SMILES string of the molecule is CC(CC(=O)O)CC(=O)NC(=O)N1CCN(C)CC1. The van der Waals surface area contributed by atoms with Crippen LogP contribution in [0, 0.1) is 5.92 Å². The Morgan fingerprint density at radius 2 is 1.74 bits per heavy atom. The Morgan fingerprint density at radius 3 is 2.26 bits per heavy atom. The van der Waals surface area contributed by atoms with Crippen LogP contribution in [0.4, 0.5) is 4.79 Å². The number of carboxylic acids is 1. The van der Waals surface area contributed by atoms with E-state index in [-0.39, 0.29) is 24.8 Å². The van der Waals surface area contributed by atoms with Gasteiger partial charge in [-0.15, -0.1) is 0 Å². The molecule has 3 amide bonds. The van der Waals surface area contributed by atoms with Crippen molar-refractivity contribution < 1.29 is 19.5 Å². The summed E-state index contributed by atoms with van der Waals surface area (Å²) in [5, 5.41) is 10.9. The largest absolute Gasteiger partial charge is 0.481 e. The van der Waals surface area contributed by atoms with E-state index in [1.165, 1.54) is 0 Å². The van der Waals surface area contributed by atoms with Crippen molar-refractivity contribution in [3.8, 4) is 0 Å². The number of amides is 3. The van der Waals surface area contributed by atoms with Crippen molar-refractivity contribution in [3.63, 3.8) is 0 Å². The van der Waals surface area contributed by atoms with Crippen molar-refractivity contribution in [2.75, 3.05) is 33.2 Å². The quantitative estimate of drug-likeness (QED) is 0.749. The van der Waals surface area contributed by atoms with Gasteiger partial charge in [-0.3, -0.25) is 14.9 Å². The second kappa shape index (κ2) is 7.08. The van der Waals surface area contributed by atoms with Gasteiger partial charge in [-0.2, -0.15) is 0 Å². The first-order chi connectivity index (χ1) is 8.88. The van der Waals surface area contributed by atoms with Gasteiger partial charge in [-0.05, 0) is 13.0 Å². The van der Waals surface area contributed by atoms with Crippen LogP contribution in [0.3, 0.4) is 0 Å². The summed E-state index contributed by atoms with van der Waals surface area (Å²) in [6, 6.07) is -0.388. The fourth-order valence-corrected chi connectivity index (χ4v) is 1.95. The fraction of sp³-hybridized carbons (Fsp3) is 0.750. The molecule has 108 valence electrons. The van der Waals surface area contributed by atoms with Crippen LogP contribution in [-0.4, -0.2) is 66.0 Å². The zero-order valence-corrected chi connectivity index (χ0v) is 11.4. The molecule has 0 aromatic heterocycles. The maximum Gasteiger partial charge on any atom is 0.324 e. The Labute approximate surface area is 112 Å². The van der Waals surface area contributed by atoms with Gasteiger partial charge in [0.25, 0.3) is 0 Å². The summed E-state index contributed by atoms with van der Waals surface area (Å²) in [7, 11) is 1.98. The number of aliphatic carboxylic acids is 1. The number of nitrogens with one attached hydrogen (secondary N) is 1. The minimum absolute atomic E-state index is 0.0474. The first-order valence-electron chi connectivity index (χ1n) is 6.37. The predicted molar refractivity (Wildman–Crippen MR) is 68.6 cm³/mol. The topological polar surface area (TPSA) is 89.9 Å². The summed E-state index contributed by atoms with van der Waals surface area (Å²) >= 11 is 0. The molecule has 1 aliphatic rings. The minimum Gasteiger partial charge on any atom is -0.481 e. The summed E-state index contributed by atoms with van der Waals surface area (Å²) < 4.78 is 0. The zero-order chi connectivity index (χ0) is 14.4. The number of carboxylic acid groups (broad SMARTS) is 1. The average Bonchev–Trinajstić information content (AvgIpc) is 2.27. The number of urea groups is 1. The molecule has 0 aromatic rings. The number of piperazine rings is 1. The lowest BCUT2D eigenvalue weighted by molar-refractivity contribution is -0.138. The van der Waals surface area contributed by atoms with Gasteiger partial charge >= 0.3 is 12.0 Å². The summed E-state index contributed by atoms with van der Waals surface area (Å²) in [6.07, 6.45) is -0.0259. The van der Waals surface area contributed by atoms with E-state index >= 15 is 0 Å². The molecule has 1 rings (SSSR count). The van der Waals surface area contributed by atoms with E-state index in [2.05, 4.69) is 10.2 Å². The molecular weight excluding hydrogens is 250 g/mol. The van der Waals surface area contributed by atoms with Crippen molar-refractivity contribution in [2.45, 2.75) is 19.8 Å². The molecule has 0 aliphatic carbocycles. The van der Waals surface area contributed by atoms with Crippen molar-refractivity contribution in [3.05, 3.63) is 0 Å². The molecule has 7 heteroatoms. The lowest BCUT2D eigenvalue weighted by Gasteiger charge is -2.32. The summed E-state index contributed by atoms with van der Waals surface area (Å²) in [4.78, 5) is 37.6. The number of imide groups is 1. The number of hydrogen-bond donors (Lipinski definition) is 2. The Morgan fingerprint density at radius 1 is 1.16 bits per heavy atom.